The van der Waals surface area contributed by atoms with Crippen molar-refractivity contribution in [2.24, 2.45) is 0 Å². The Balaban J connectivity index is 1.82. The number of ketones is 1. The van der Waals surface area contributed by atoms with Gasteiger partial charge < -0.3 is 9.30 Å². The third kappa shape index (κ3) is 3.52. The van der Waals surface area contributed by atoms with E-state index in [4.69, 9.17) is 15.3 Å². The third-order valence-corrected chi connectivity index (χ3v) is 3.89. The van der Waals surface area contributed by atoms with Gasteiger partial charge in [-0.1, -0.05) is 24.3 Å². The van der Waals surface area contributed by atoms with Crippen LogP contribution in [0.4, 0.5) is 0 Å². The second-order valence-electron chi connectivity index (χ2n) is 5.51. The number of aromatic nitrogens is 1. The van der Waals surface area contributed by atoms with Crippen molar-refractivity contribution in [1.82, 2.24) is 4.57 Å². The molecule has 0 saturated heterocycles. The SMILES string of the molecule is N#CCCn1cc(C(=O)COc2cccc(C#N)c2)c2ccccc21. The van der Waals surface area contributed by atoms with E-state index >= 15 is 0 Å². The molecular weight excluding hydrogens is 314 g/mol. The Kier molecular flexibility index (Phi) is 4.78. The number of hydrogen-bond acceptors (Lipinski definition) is 4. The Morgan fingerprint density at radius 3 is 2.76 bits per heavy atom. The Labute approximate surface area is 145 Å². The molecule has 0 N–H and O–H groups in total. The first-order valence-corrected chi connectivity index (χ1v) is 7.84. The first kappa shape index (κ1) is 16.3. The van der Waals surface area contributed by atoms with Gasteiger partial charge in [0, 0.05) is 29.2 Å². The molecule has 0 aliphatic heterocycles. The largest absolute Gasteiger partial charge is 0.485 e. The lowest BCUT2D eigenvalue weighted by Gasteiger charge is -2.05. The van der Waals surface area contributed by atoms with Crippen LogP contribution in [0.2, 0.25) is 0 Å². The van der Waals surface area contributed by atoms with Crippen LogP contribution in [0.15, 0.2) is 54.7 Å². The van der Waals surface area contributed by atoms with Gasteiger partial charge in [-0.25, -0.2) is 0 Å². The molecule has 3 aromatic rings. The fourth-order valence-corrected chi connectivity index (χ4v) is 2.71. The minimum Gasteiger partial charge on any atom is -0.485 e. The summed E-state index contributed by atoms with van der Waals surface area (Å²) in [7, 11) is 0. The summed E-state index contributed by atoms with van der Waals surface area (Å²) in [5.41, 5.74) is 1.98. The molecule has 0 bridgehead atoms. The van der Waals surface area contributed by atoms with Crippen molar-refractivity contribution in [3.05, 3.63) is 65.9 Å². The van der Waals surface area contributed by atoms with Gasteiger partial charge in [-0.3, -0.25) is 4.79 Å². The summed E-state index contributed by atoms with van der Waals surface area (Å²) >= 11 is 0. The number of benzene rings is 2. The Hall–Kier alpha value is -3.57. The van der Waals surface area contributed by atoms with E-state index in [0.29, 0.717) is 29.8 Å². The molecule has 122 valence electrons. The van der Waals surface area contributed by atoms with Crippen LogP contribution in [0.1, 0.15) is 22.3 Å². The van der Waals surface area contributed by atoms with Crippen molar-refractivity contribution in [3.63, 3.8) is 0 Å². The summed E-state index contributed by atoms with van der Waals surface area (Å²) < 4.78 is 7.46. The standard InChI is InChI=1S/C20H15N3O2/c21-9-4-10-23-13-18(17-7-1-2-8-19(17)23)20(24)14-25-16-6-3-5-15(11-16)12-22/h1-3,5-8,11,13H,4,10,14H2. The second kappa shape index (κ2) is 7.33. The Morgan fingerprint density at radius 2 is 1.96 bits per heavy atom. The van der Waals surface area contributed by atoms with E-state index in [-0.39, 0.29) is 12.4 Å². The highest BCUT2D eigenvalue weighted by Gasteiger charge is 2.15. The highest BCUT2D eigenvalue weighted by molar-refractivity contribution is 6.08. The van der Waals surface area contributed by atoms with Crippen molar-refractivity contribution in [2.75, 3.05) is 6.61 Å². The lowest BCUT2D eigenvalue weighted by atomic mass is 10.1. The van der Waals surface area contributed by atoms with Gasteiger partial charge in [0.05, 0.1) is 24.1 Å². The maximum atomic E-state index is 12.6. The summed E-state index contributed by atoms with van der Waals surface area (Å²) in [4.78, 5) is 12.6. The zero-order chi connectivity index (χ0) is 17.6. The summed E-state index contributed by atoms with van der Waals surface area (Å²) in [6.45, 7) is 0.427. The van der Waals surface area contributed by atoms with Gasteiger partial charge in [-0.15, -0.1) is 0 Å². The number of carbonyl (C=O) groups is 1. The van der Waals surface area contributed by atoms with E-state index < -0.39 is 0 Å². The normalized spacial score (nSPS) is 10.2. The number of ether oxygens (including phenoxy) is 1. The number of Topliss-reactive ketones (excluding diaryl/α,β-unsaturated/α-hetero) is 1. The molecule has 0 fully saturated rings. The molecule has 0 saturated carbocycles. The summed E-state index contributed by atoms with van der Waals surface area (Å²) in [6, 6.07) is 18.5. The van der Waals surface area contributed by atoms with E-state index in [1.165, 1.54) is 0 Å². The van der Waals surface area contributed by atoms with Gasteiger partial charge >= 0.3 is 0 Å². The molecule has 3 rings (SSSR count). The molecule has 5 nitrogen and oxygen atoms in total. The average Bonchev–Trinajstić information content (AvgIpc) is 3.03. The number of nitriles is 2. The van der Waals surface area contributed by atoms with Gasteiger partial charge in [-0.2, -0.15) is 10.5 Å². The van der Waals surface area contributed by atoms with Crippen LogP contribution >= 0.6 is 0 Å². The second-order valence-corrected chi connectivity index (χ2v) is 5.51. The molecule has 0 amide bonds. The fourth-order valence-electron chi connectivity index (χ4n) is 2.71. The first-order valence-electron chi connectivity index (χ1n) is 7.84. The van der Waals surface area contributed by atoms with E-state index in [1.54, 1.807) is 30.5 Å². The zero-order valence-electron chi connectivity index (χ0n) is 13.5. The molecule has 2 aromatic carbocycles. The number of nitrogens with zero attached hydrogens (tertiary/aromatic N) is 3. The summed E-state index contributed by atoms with van der Waals surface area (Å²) in [5, 5.41) is 18.6. The van der Waals surface area contributed by atoms with Crippen LogP contribution in [-0.4, -0.2) is 17.0 Å². The molecule has 0 atom stereocenters. The van der Waals surface area contributed by atoms with Crippen LogP contribution in [-0.2, 0) is 6.54 Å². The summed E-state index contributed by atoms with van der Waals surface area (Å²) in [6.07, 6.45) is 2.16. The maximum absolute atomic E-state index is 12.6. The molecule has 0 spiro atoms. The highest BCUT2D eigenvalue weighted by atomic mass is 16.5. The minimum absolute atomic E-state index is 0.110. The van der Waals surface area contributed by atoms with E-state index in [2.05, 4.69) is 6.07 Å². The molecule has 0 aliphatic rings. The van der Waals surface area contributed by atoms with Crippen molar-refractivity contribution in [2.45, 2.75) is 13.0 Å². The smallest absolute Gasteiger partial charge is 0.202 e. The number of aryl methyl sites for hydroxylation is 1. The lowest BCUT2D eigenvalue weighted by Crippen LogP contribution is -2.11. The van der Waals surface area contributed by atoms with Crippen molar-refractivity contribution < 1.29 is 9.53 Å². The molecule has 25 heavy (non-hydrogen) atoms. The molecule has 0 aliphatic carbocycles. The van der Waals surface area contributed by atoms with Gasteiger partial charge in [0.15, 0.2) is 6.61 Å². The van der Waals surface area contributed by atoms with E-state index in [0.717, 1.165) is 10.9 Å². The van der Waals surface area contributed by atoms with Crippen LogP contribution in [0.3, 0.4) is 0 Å². The number of hydrogen-bond donors (Lipinski definition) is 0. The predicted molar refractivity (Wildman–Crippen MR) is 93.2 cm³/mol. The lowest BCUT2D eigenvalue weighted by molar-refractivity contribution is 0.0923. The topological polar surface area (TPSA) is 78.8 Å². The fraction of sp³-hybridized carbons (Fsp3) is 0.150. The van der Waals surface area contributed by atoms with E-state index in [9.17, 15) is 4.79 Å². The van der Waals surface area contributed by atoms with Gasteiger partial charge in [0.2, 0.25) is 5.78 Å². The zero-order valence-corrected chi connectivity index (χ0v) is 13.5. The Morgan fingerprint density at radius 1 is 1.12 bits per heavy atom. The number of rotatable bonds is 6. The minimum atomic E-state index is -0.144. The number of fused-ring (bicyclic) bond motifs is 1. The van der Waals surface area contributed by atoms with Crippen molar-refractivity contribution in [1.29, 1.82) is 10.5 Å². The third-order valence-electron chi connectivity index (χ3n) is 3.89. The highest BCUT2D eigenvalue weighted by Crippen LogP contribution is 2.22. The monoisotopic (exact) mass is 329 g/mol. The van der Waals surface area contributed by atoms with Crippen LogP contribution in [0, 0.1) is 22.7 Å². The van der Waals surface area contributed by atoms with Crippen molar-refractivity contribution in [3.8, 4) is 17.9 Å². The molecule has 1 heterocycles. The molecule has 1 aromatic heterocycles. The Bertz CT molecular complexity index is 1010. The molecule has 0 unspecified atom stereocenters. The van der Waals surface area contributed by atoms with Gasteiger partial charge in [0.25, 0.3) is 0 Å². The van der Waals surface area contributed by atoms with E-state index in [1.807, 2.05) is 34.9 Å². The molecule has 5 heteroatoms. The number of para-hydroxylation sites is 1. The average molecular weight is 329 g/mol. The molecular formula is C20H15N3O2. The van der Waals surface area contributed by atoms with Gasteiger partial charge in [0.1, 0.15) is 5.75 Å². The van der Waals surface area contributed by atoms with Gasteiger partial charge in [-0.05, 0) is 24.3 Å². The summed E-state index contributed by atoms with van der Waals surface area (Å²) in [5.74, 6) is 0.342. The van der Waals surface area contributed by atoms with Crippen LogP contribution in [0.5, 0.6) is 5.75 Å². The van der Waals surface area contributed by atoms with Crippen LogP contribution < -0.4 is 4.74 Å². The maximum Gasteiger partial charge on any atom is 0.202 e. The first-order chi connectivity index (χ1) is 12.2. The predicted octanol–water partition coefficient (Wildman–Crippen LogP) is 3.69. The van der Waals surface area contributed by atoms with Crippen molar-refractivity contribution >= 4 is 16.7 Å². The van der Waals surface area contributed by atoms with Crippen LogP contribution in [0.25, 0.3) is 10.9 Å². The quantitative estimate of drug-likeness (QED) is 0.646. The number of carbonyl (C=O) groups excluding carboxylic acids is 1. The molecule has 0 radical (unpaired) electrons.